The first-order valence-corrected chi connectivity index (χ1v) is 6.46. The summed E-state index contributed by atoms with van der Waals surface area (Å²) in [6.45, 7) is 4.71. The van der Waals surface area contributed by atoms with Crippen LogP contribution >= 0.6 is 0 Å². The van der Waals surface area contributed by atoms with Gasteiger partial charge in [0.15, 0.2) is 0 Å². The Bertz CT molecular complexity index is 236. The molecule has 0 aliphatic rings. The van der Waals surface area contributed by atoms with Gasteiger partial charge in [-0.15, -0.1) is 0 Å². The fraction of sp³-hybridized carbons (Fsp3) is 0.917. The van der Waals surface area contributed by atoms with Gasteiger partial charge in [0.1, 0.15) is 6.23 Å². The van der Waals surface area contributed by atoms with E-state index < -0.39 is 11.9 Å². The van der Waals surface area contributed by atoms with Crippen molar-refractivity contribution in [2.45, 2.75) is 51.4 Å². The molecule has 0 aromatic rings. The van der Waals surface area contributed by atoms with Gasteiger partial charge in [-0.05, 0) is 31.7 Å². The normalized spacial score (nSPS) is 16.6. The van der Waals surface area contributed by atoms with Gasteiger partial charge in [-0.2, -0.15) is 0 Å². The number of nitrogens with two attached hydrogens (primary N) is 3. The summed E-state index contributed by atoms with van der Waals surface area (Å²) in [5.41, 5.74) is 16.8. The zero-order valence-corrected chi connectivity index (χ0v) is 11.7. The van der Waals surface area contributed by atoms with Crippen molar-refractivity contribution in [3.8, 4) is 0 Å². The van der Waals surface area contributed by atoms with E-state index in [1.165, 1.54) is 0 Å². The van der Waals surface area contributed by atoms with Gasteiger partial charge in [0.2, 0.25) is 5.91 Å². The van der Waals surface area contributed by atoms with Crippen LogP contribution in [-0.2, 0) is 9.53 Å². The van der Waals surface area contributed by atoms with Crippen molar-refractivity contribution in [3.05, 3.63) is 0 Å². The Morgan fingerprint density at radius 3 is 2.39 bits per heavy atom. The van der Waals surface area contributed by atoms with Gasteiger partial charge >= 0.3 is 0 Å². The van der Waals surface area contributed by atoms with Crippen molar-refractivity contribution in [3.63, 3.8) is 0 Å². The summed E-state index contributed by atoms with van der Waals surface area (Å²) in [5, 5.41) is 3.07. The summed E-state index contributed by atoms with van der Waals surface area (Å²) in [6.07, 6.45) is 1.77. The summed E-state index contributed by atoms with van der Waals surface area (Å²) >= 11 is 0. The van der Waals surface area contributed by atoms with Crippen LogP contribution in [0, 0.1) is 5.92 Å². The highest BCUT2D eigenvalue weighted by atomic mass is 16.5. The molecule has 0 aromatic heterocycles. The molecule has 0 heterocycles. The maximum atomic E-state index is 11.3. The maximum absolute atomic E-state index is 11.3. The number of nitrogens with one attached hydrogen (secondary N) is 1. The Morgan fingerprint density at radius 2 is 2.00 bits per heavy atom. The SMILES string of the molecule is COC(N[C@H](CCCN)C(N)=O)[C@H](N)CC(C)C. The van der Waals surface area contributed by atoms with Crippen molar-refractivity contribution in [2.75, 3.05) is 13.7 Å². The molecule has 6 heteroatoms. The van der Waals surface area contributed by atoms with E-state index in [1.54, 1.807) is 7.11 Å². The molecule has 0 radical (unpaired) electrons. The highest BCUT2D eigenvalue weighted by molar-refractivity contribution is 5.79. The van der Waals surface area contributed by atoms with Gasteiger partial charge in [0.25, 0.3) is 0 Å². The van der Waals surface area contributed by atoms with Crippen LogP contribution in [0.15, 0.2) is 0 Å². The molecule has 1 amide bonds. The first-order chi connectivity index (χ1) is 8.42. The Kier molecular flexibility index (Phi) is 8.91. The molecule has 0 bridgehead atoms. The maximum Gasteiger partial charge on any atom is 0.234 e. The molecule has 0 rings (SSSR count). The van der Waals surface area contributed by atoms with Crippen LogP contribution in [0.3, 0.4) is 0 Å². The third kappa shape index (κ3) is 6.90. The number of methoxy groups -OCH3 is 1. The van der Waals surface area contributed by atoms with Crippen LogP contribution in [0.2, 0.25) is 0 Å². The van der Waals surface area contributed by atoms with Gasteiger partial charge in [0.05, 0.1) is 6.04 Å². The minimum absolute atomic E-state index is 0.172. The lowest BCUT2D eigenvalue weighted by atomic mass is 10.0. The number of rotatable bonds is 10. The molecule has 0 aliphatic carbocycles. The number of carbonyl (C=O) groups is 1. The average Bonchev–Trinajstić information content (AvgIpc) is 2.27. The Labute approximate surface area is 110 Å². The monoisotopic (exact) mass is 260 g/mol. The third-order valence-corrected chi connectivity index (χ3v) is 2.79. The first kappa shape index (κ1) is 17.3. The second kappa shape index (κ2) is 9.27. The molecule has 0 saturated heterocycles. The highest BCUT2D eigenvalue weighted by Crippen LogP contribution is 2.08. The van der Waals surface area contributed by atoms with Gasteiger partial charge in [-0.25, -0.2) is 0 Å². The van der Waals surface area contributed by atoms with Crippen LogP contribution in [-0.4, -0.2) is 37.9 Å². The number of hydrogen-bond donors (Lipinski definition) is 4. The number of ether oxygens (including phenoxy) is 1. The lowest BCUT2D eigenvalue weighted by molar-refractivity contribution is -0.121. The predicted octanol–water partition coefficient (Wildman–Crippen LogP) is -0.485. The molecule has 0 saturated carbocycles. The van der Waals surface area contributed by atoms with Crippen molar-refractivity contribution in [1.82, 2.24) is 5.32 Å². The average molecular weight is 260 g/mol. The molecule has 3 atom stereocenters. The number of carbonyl (C=O) groups excluding carboxylic acids is 1. The van der Waals surface area contributed by atoms with E-state index in [0.717, 1.165) is 12.8 Å². The van der Waals surface area contributed by atoms with E-state index in [-0.39, 0.29) is 12.3 Å². The first-order valence-electron chi connectivity index (χ1n) is 6.46. The fourth-order valence-corrected chi connectivity index (χ4v) is 1.86. The molecule has 0 spiro atoms. The Balaban J connectivity index is 4.40. The van der Waals surface area contributed by atoms with Crippen LogP contribution in [0.4, 0.5) is 0 Å². The molecule has 0 aliphatic heterocycles. The second-order valence-corrected chi connectivity index (χ2v) is 5.00. The zero-order valence-electron chi connectivity index (χ0n) is 11.7. The van der Waals surface area contributed by atoms with Crippen molar-refractivity contribution in [1.29, 1.82) is 0 Å². The topological polar surface area (TPSA) is 116 Å². The number of hydrogen-bond acceptors (Lipinski definition) is 5. The quantitative estimate of drug-likeness (QED) is 0.396. The standard InChI is InChI=1S/C12H28N4O2/c1-8(2)7-9(14)12(18-3)16-10(11(15)17)5-4-6-13/h8-10,12,16H,4-7,13-14H2,1-3H3,(H2,15,17)/t9-,10-,12?/m1/s1. The smallest absolute Gasteiger partial charge is 0.234 e. The Morgan fingerprint density at radius 1 is 1.39 bits per heavy atom. The summed E-state index contributed by atoms with van der Waals surface area (Å²) in [6, 6.07) is -0.619. The minimum Gasteiger partial charge on any atom is -0.368 e. The van der Waals surface area contributed by atoms with E-state index >= 15 is 0 Å². The lowest BCUT2D eigenvalue weighted by Gasteiger charge is -2.28. The Hall–Kier alpha value is -0.690. The lowest BCUT2D eigenvalue weighted by Crippen LogP contribution is -2.54. The van der Waals surface area contributed by atoms with E-state index in [9.17, 15) is 4.79 Å². The van der Waals surface area contributed by atoms with Crippen LogP contribution in [0.5, 0.6) is 0 Å². The van der Waals surface area contributed by atoms with E-state index in [2.05, 4.69) is 19.2 Å². The van der Waals surface area contributed by atoms with Gasteiger partial charge in [-0.1, -0.05) is 13.8 Å². The van der Waals surface area contributed by atoms with E-state index in [0.29, 0.717) is 18.9 Å². The number of amides is 1. The zero-order chi connectivity index (χ0) is 14.1. The summed E-state index contributed by atoms with van der Waals surface area (Å²) in [7, 11) is 1.57. The summed E-state index contributed by atoms with van der Waals surface area (Å²) < 4.78 is 5.30. The number of primary amides is 1. The van der Waals surface area contributed by atoms with Gasteiger partial charge < -0.3 is 21.9 Å². The minimum atomic E-state index is -0.447. The van der Waals surface area contributed by atoms with Crippen molar-refractivity contribution >= 4 is 5.91 Å². The predicted molar refractivity (Wildman–Crippen MR) is 72.6 cm³/mol. The largest absolute Gasteiger partial charge is 0.368 e. The molecule has 1 unspecified atom stereocenters. The second-order valence-electron chi connectivity index (χ2n) is 5.00. The molecular formula is C12H28N4O2. The third-order valence-electron chi connectivity index (χ3n) is 2.79. The molecule has 6 nitrogen and oxygen atoms in total. The molecule has 108 valence electrons. The summed E-state index contributed by atoms with van der Waals surface area (Å²) in [5.74, 6) is 0.0674. The fourth-order valence-electron chi connectivity index (χ4n) is 1.86. The van der Waals surface area contributed by atoms with Crippen molar-refractivity contribution < 1.29 is 9.53 Å². The molecule has 0 aromatic carbocycles. The summed E-state index contributed by atoms with van der Waals surface area (Å²) in [4.78, 5) is 11.3. The highest BCUT2D eigenvalue weighted by Gasteiger charge is 2.24. The molecular weight excluding hydrogens is 232 g/mol. The van der Waals surface area contributed by atoms with Crippen LogP contribution in [0.1, 0.15) is 33.1 Å². The van der Waals surface area contributed by atoms with E-state index in [1.807, 2.05) is 0 Å². The van der Waals surface area contributed by atoms with E-state index in [4.69, 9.17) is 21.9 Å². The van der Waals surface area contributed by atoms with Gasteiger partial charge in [-0.3, -0.25) is 10.1 Å². The molecule has 18 heavy (non-hydrogen) atoms. The van der Waals surface area contributed by atoms with Gasteiger partial charge in [0, 0.05) is 13.2 Å². The molecule has 0 fully saturated rings. The van der Waals surface area contributed by atoms with Crippen LogP contribution < -0.4 is 22.5 Å². The van der Waals surface area contributed by atoms with Crippen LogP contribution in [0.25, 0.3) is 0 Å². The molecule has 7 N–H and O–H groups in total. The van der Waals surface area contributed by atoms with Crippen molar-refractivity contribution in [2.24, 2.45) is 23.1 Å².